The van der Waals surface area contributed by atoms with Crippen LogP contribution in [0, 0.1) is 0 Å². The van der Waals surface area contributed by atoms with Crippen LogP contribution in [0.1, 0.15) is 19.8 Å². The molecular formula is C9H12O2. The molecule has 0 aromatic heterocycles. The Bertz CT molecular complexity index is 202. The number of carbonyl (C=O) groups is 1. The molecule has 0 atom stereocenters. The van der Waals surface area contributed by atoms with Crippen LogP contribution in [0.25, 0.3) is 0 Å². The Kier molecular flexibility index (Phi) is 2.90. The third-order valence-corrected chi connectivity index (χ3v) is 1.59. The maximum Gasteiger partial charge on any atom is 0.331 e. The zero-order valence-electron chi connectivity index (χ0n) is 6.67. The average Bonchev–Trinajstić information content (AvgIpc) is 2.37. The third-order valence-electron chi connectivity index (χ3n) is 1.59. The first kappa shape index (κ1) is 8.05. The summed E-state index contributed by atoms with van der Waals surface area (Å²) in [4.78, 5) is 10.6. The van der Waals surface area contributed by atoms with Gasteiger partial charge in [0, 0.05) is 6.08 Å². The Morgan fingerprint density at radius 2 is 2.55 bits per heavy atom. The van der Waals surface area contributed by atoms with E-state index < -0.39 is 0 Å². The summed E-state index contributed by atoms with van der Waals surface area (Å²) in [5.74, 6) is -0.194. The lowest BCUT2D eigenvalue weighted by Gasteiger charge is -1.94. The summed E-state index contributed by atoms with van der Waals surface area (Å²) >= 11 is 0. The van der Waals surface area contributed by atoms with E-state index in [0.29, 0.717) is 6.61 Å². The Morgan fingerprint density at radius 3 is 3.09 bits per heavy atom. The Labute approximate surface area is 66.5 Å². The molecule has 1 heterocycles. The van der Waals surface area contributed by atoms with E-state index in [1.165, 1.54) is 0 Å². The van der Waals surface area contributed by atoms with E-state index in [-0.39, 0.29) is 5.97 Å². The minimum Gasteiger partial charge on any atom is -0.458 e. The summed E-state index contributed by atoms with van der Waals surface area (Å²) in [6, 6.07) is 0. The van der Waals surface area contributed by atoms with Crippen LogP contribution in [-0.4, -0.2) is 12.6 Å². The Hall–Kier alpha value is -1.05. The summed E-state index contributed by atoms with van der Waals surface area (Å²) in [6.07, 6.45) is 7.63. The number of allylic oxidation sites excluding steroid dienone is 2. The van der Waals surface area contributed by atoms with Crippen molar-refractivity contribution in [3.63, 3.8) is 0 Å². The van der Waals surface area contributed by atoms with Crippen molar-refractivity contribution in [2.45, 2.75) is 19.8 Å². The zero-order valence-corrected chi connectivity index (χ0v) is 6.67. The molecule has 0 fully saturated rings. The normalized spacial score (nSPS) is 17.2. The molecule has 0 radical (unpaired) electrons. The molecule has 0 saturated carbocycles. The third kappa shape index (κ3) is 2.58. The van der Waals surface area contributed by atoms with E-state index in [9.17, 15) is 4.79 Å². The van der Waals surface area contributed by atoms with Crippen LogP contribution in [-0.2, 0) is 9.53 Å². The fraction of sp³-hybridized carbons (Fsp3) is 0.444. The maximum absolute atomic E-state index is 10.6. The van der Waals surface area contributed by atoms with Gasteiger partial charge < -0.3 is 4.74 Å². The van der Waals surface area contributed by atoms with Gasteiger partial charge in [0.1, 0.15) is 6.61 Å². The number of carbonyl (C=O) groups excluding carboxylic acids is 1. The van der Waals surface area contributed by atoms with Gasteiger partial charge in [-0.25, -0.2) is 4.79 Å². The van der Waals surface area contributed by atoms with Crippen molar-refractivity contribution in [3.05, 3.63) is 23.8 Å². The summed E-state index contributed by atoms with van der Waals surface area (Å²) in [7, 11) is 0. The molecule has 1 aliphatic heterocycles. The minimum atomic E-state index is -0.194. The van der Waals surface area contributed by atoms with Crippen LogP contribution in [0.15, 0.2) is 23.8 Å². The molecule has 60 valence electrons. The van der Waals surface area contributed by atoms with E-state index in [4.69, 9.17) is 4.74 Å². The van der Waals surface area contributed by atoms with Crippen molar-refractivity contribution in [3.8, 4) is 0 Å². The van der Waals surface area contributed by atoms with Gasteiger partial charge in [-0.05, 0) is 25.3 Å². The first-order valence-electron chi connectivity index (χ1n) is 3.80. The highest BCUT2D eigenvalue weighted by Gasteiger charge is 2.10. The molecule has 0 aliphatic carbocycles. The molecule has 1 rings (SSSR count). The molecule has 0 bridgehead atoms. The lowest BCUT2D eigenvalue weighted by molar-refractivity contribution is -0.134. The van der Waals surface area contributed by atoms with Crippen molar-refractivity contribution in [2.24, 2.45) is 0 Å². The van der Waals surface area contributed by atoms with Crippen molar-refractivity contribution >= 4 is 5.97 Å². The van der Waals surface area contributed by atoms with Gasteiger partial charge in [-0.3, -0.25) is 0 Å². The summed E-state index contributed by atoms with van der Waals surface area (Å²) in [6.45, 7) is 2.49. The van der Waals surface area contributed by atoms with Crippen molar-refractivity contribution in [2.75, 3.05) is 6.61 Å². The molecule has 0 aromatic rings. The van der Waals surface area contributed by atoms with Crippen LogP contribution < -0.4 is 0 Å². The quantitative estimate of drug-likeness (QED) is 0.455. The molecule has 0 aromatic carbocycles. The van der Waals surface area contributed by atoms with E-state index in [0.717, 1.165) is 18.4 Å². The topological polar surface area (TPSA) is 26.3 Å². The minimum absolute atomic E-state index is 0.194. The van der Waals surface area contributed by atoms with E-state index in [1.54, 1.807) is 6.08 Å². The fourth-order valence-corrected chi connectivity index (χ4v) is 0.994. The Morgan fingerprint density at radius 1 is 1.73 bits per heavy atom. The van der Waals surface area contributed by atoms with Gasteiger partial charge in [0.15, 0.2) is 0 Å². The second kappa shape index (κ2) is 3.96. The monoisotopic (exact) mass is 152 g/mol. The van der Waals surface area contributed by atoms with Gasteiger partial charge in [0.05, 0.1) is 0 Å². The molecule has 0 unspecified atom stereocenters. The smallest absolute Gasteiger partial charge is 0.331 e. The predicted molar refractivity (Wildman–Crippen MR) is 43.1 cm³/mol. The number of esters is 1. The molecule has 2 nitrogen and oxygen atoms in total. The van der Waals surface area contributed by atoms with E-state index in [1.807, 2.05) is 13.0 Å². The van der Waals surface area contributed by atoms with Gasteiger partial charge in [-0.2, -0.15) is 0 Å². The highest BCUT2D eigenvalue weighted by Crippen LogP contribution is 2.12. The number of cyclic esters (lactones) is 1. The van der Waals surface area contributed by atoms with Gasteiger partial charge in [0.25, 0.3) is 0 Å². The maximum atomic E-state index is 10.6. The predicted octanol–water partition coefficient (Wildman–Crippen LogP) is 1.83. The molecule has 0 amide bonds. The molecule has 0 spiro atoms. The van der Waals surface area contributed by atoms with Gasteiger partial charge in [-0.15, -0.1) is 0 Å². The zero-order chi connectivity index (χ0) is 8.10. The fourth-order valence-electron chi connectivity index (χ4n) is 0.994. The molecule has 11 heavy (non-hydrogen) atoms. The number of rotatable bonds is 3. The largest absolute Gasteiger partial charge is 0.458 e. The number of ether oxygens (including phenoxy) is 1. The molecule has 1 aliphatic rings. The van der Waals surface area contributed by atoms with Crippen LogP contribution in [0.2, 0.25) is 0 Å². The first-order valence-corrected chi connectivity index (χ1v) is 3.80. The van der Waals surface area contributed by atoms with Crippen LogP contribution in [0.3, 0.4) is 0 Å². The second-order valence-electron chi connectivity index (χ2n) is 2.52. The average molecular weight is 152 g/mol. The first-order chi connectivity index (χ1) is 5.33. The highest BCUT2D eigenvalue weighted by atomic mass is 16.5. The van der Waals surface area contributed by atoms with Gasteiger partial charge >= 0.3 is 5.97 Å². The van der Waals surface area contributed by atoms with Gasteiger partial charge in [-0.1, -0.05) is 12.2 Å². The molecule has 0 N–H and O–H groups in total. The lowest BCUT2D eigenvalue weighted by Crippen LogP contribution is -1.91. The van der Waals surface area contributed by atoms with Crippen molar-refractivity contribution in [1.82, 2.24) is 0 Å². The van der Waals surface area contributed by atoms with Crippen LogP contribution in [0.5, 0.6) is 0 Å². The van der Waals surface area contributed by atoms with Gasteiger partial charge in [0.2, 0.25) is 0 Å². The van der Waals surface area contributed by atoms with Crippen molar-refractivity contribution in [1.29, 1.82) is 0 Å². The van der Waals surface area contributed by atoms with Crippen LogP contribution >= 0.6 is 0 Å². The summed E-state index contributed by atoms with van der Waals surface area (Å²) < 4.78 is 4.74. The second-order valence-corrected chi connectivity index (χ2v) is 2.52. The van der Waals surface area contributed by atoms with Crippen LogP contribution in [0.4, 0.5) is 0 Å². The number of hydrogen-bond acceptors (Lipinski definition) is 2. The summed E-state index contributed by atoms with van der Waals surface area (Å²) in [5.41, 5.74) is 1.10. The lowest BCUT2D eigenvalue weighted by atomic mass is 10.1. The highest BCUT2D eigenvalue weighted by molar-refractivity contribution is 5.85. The van der Waals surface area contributed by atoms with E-state index in [2.05, 4.69) is 6.08 Å². The summed E-state index contributed by atoms with van der Waals surface area (Å²) in [5, 5.41) is 0. The number of hydrogen-bond donors (Lipinski definition) is 0. The molecule has 0 saturated heterocycles. The Balaban J connectivity index is 2.27. The van der Waals surface area contributed by atoms with Crippen molar-refractivity contribution < 1.29 is 9.53 Å². The standard InChI is InChI=1S/C9H12O2/c1-2-3-4-5-8-6-9(10)11-7-8/h2-3,6H,4-5,7H2,1H3/b3-2-. The van der Waals surface area contributed by atoms with E-state index >= 15 is 0 Å². The molecular weight excluding hydrogens is 140 g/mol. The SMILES string of the molecule is C/C=C\CCC1=CC(=O)OC1. The molecule has 2 heteroatoms.